The molecule has 0 unspecified atom stereocenters. The average Bonchev–Trinajstić information content (AvgIpc) is 2.53. The van der Waals surface area contributed by atoms with Gasteiger partial charge in [-0.3, -0.25) is 0 Å². The third-order valence-corrected chi connectivity index (χ3v) is 4.30. The van der Waals surface area contributed by atoms with Crippen molar-refractivity contribution in [2.45, 2.75) is 58.2 Å². The number of carbonyl (C=O) groups is 1. The highest BCUT2D eigenvalue weighted by atomic mass is 16.2. The fourth-order valence-electron chi connectivity index (χ4n) is 2.96. The molecule has 0 heterocycles. The minimum Gasteiger partial charge on any atom is -0.335 e. The predicted molar refractivity (Wildman–Crippen MR) is 85.8 cm³/mol. The lowest BCUT2D eigenvalue weighted by atomic mass is 9.96. The lowest BCUT2D eigenvalue weighted by Gasteiger charge is -2.28. The topological polar surface area (TPSA) is 58.4 Å². The SMILES string of the molecule is CCN(Cc1ccccc1CN)C(=O)NC1CCCCC1. The Labute approximate surface area is 127 Å². The van der Waals surface area contributed by atoms with Crippen LogP contribution in [0.4, 0.5) is 4.79 Å². The molecule has 1 aliphatic rings. The maximum Gasteiger partial charge on any atom is 0.317 e. The van der Waals surface area contributed by atoms with Crippen LogP contribution in [0.15, 0.2) is 24.3 Å². The van der Waals surface area contributed by atoms with Gasteiger partial charge in [0.25, 0.3) is 0 Å². The number of carbonyl (C=O) groups excluding carboxylic acids is 1. The van der Waals surface area contributed by atoms with E-state index >= 15 is 0 Å². The first-order valence-corrected chi connectivity index (χ1v) is 8.07. The first kappa shape index (κ1) is 15.8. The van der Waals surface area contributed by atoms with Crippen molar-refractivity contribution in [3.8, 4) is 0 Å². The van der Waals surface area contributed by atoms with Crippen LogP contribution in [-0.4, -0.2) is 23.5 Å². The molecule has 1 aromatic rings. The molecule has 1 aromatic carbocycles. The van der Waals surface area contributed by atoms with Gasteiger partial charge in [-0.15, -0.1) is 0 Å². The average molecular weight is 289 g/mol. The summed E-state index contributed by atoms with van der Waals surface area (Å²) in [4.78, 5) is 14.3. The monoisotopic (exact) mass is 289 g/mol. The van der Waals surface area contributed by atoms with E-state index in [1.54, 1.807) is 0 Å². The van der Waals surface area contributed by atoms with Crippen LogP contribution >= 0.6 is 0 Å². The van der Waals surface area contributed by atoms with Crippen molar-refractivity contribution in [1.29, 1.82) is 0 Å². The maximum absolute atomic E-state index is 12.4. The Morgan fingerprint density at radius 3 is 2.52 bits per heavy atom. The Morgan fingerprint density at radius 1 is 1.24 bits per heavy atom. The first-order valence-electron chi connectivity index (χ1n) is 8.07. The maximum atomic E-state index is 12.4. The van der Waals surface area contributed by atoms with Crippen LogP contribution in [0.3, 0.4) is 0 Å². The van der Waals surface area contributed by atoms with Crippen LogP contribution in [0.5, 0.6) is 0 Å². The zero-order chi connectivity index (χ0) is 15.1. The summed E-state index contributed by atoms with van der Waals surface area (Å²) in [6, 6.07) is 8.48. The number of nitrogens with two attached hydrogens (primary N) is 1. The minimum absolute atomic E-state index is 0.0521. The molecule has 4 nitrogen and oxygen atoms in total. The quantitative estimate of drug-likeness (QED) is 0.875. The van der Waals surface area contributed by atoms with Gasteiger partial charge in [0.15, 0.2) is 0 Å². The lowest BCUT2D eigenvalue weighted by molar-refractivity contribution is 0.190. The zero-order valence-electron chi connectivity index (χ0n) is 13.0. The molecule has 4 heteroatoms. The van der Waals surface area contributed by atoms with Crippen LogP contribution in [0, 0.1) is 0 Å². The molecule has 1 saturated carbocycles. The van der Waals surface area contributed by atoms with Gasteiger partial charge in [0.1, 0.15) is 0 Å². The molecule has 0 radical (unpaired) electrons. The van der Waals surface area contributed by atoms with E-state index in [4.69, 9.17) is 5.73 Å². The molecular formula is C17H27N3O. The molecule has 0 saturated heterocycles. The van der Waals surface area contributed by atoms with Crippen molar-refractivity contribution >= 4 is 6.03 Å². The van der Waals surface area contributed by atoms with Crippen molar-refractivity contribution in [3.63, 3.8) is 0 Å². The summed E-state index contributed by atoms with van der Waals surface area (Å²) >= 11 is 0. The van der Waals surface area contributed by atoms with Gasteiger partial charge in [-0.2, -0.15) is 0 Å². The third kappa shape index (κ3) is 4.46. The highest BCUT2D eigenvalue weighted by molar-refractivity contribution is 5.74. The molecule has 0 atom stereocenters. The lowest BCUT2D eigenvalue weighted by Crippen LogP contribution is -2.45. The molecule has 1 aliphatic carbocycles. The number of hydrogen-bond donors (Lipinski definition) is 2. The van der Waals surface area contributed by atoms with E-state index in [0.717, 1.165) is 24.0 Å². The zero-order valence-corrected chi connectivity index (χ0v) is 13.0. The van der Waals surface area contributed by atoms with E-state index in [0.29, 0.717) is 25.7 Å². The summed E-state index contributed by atoms with van der Waals surface area (Å²) in [6.45, 7) is 3.86. The molecule has 3 N–H and O–H groups in total. The fourth-order valence-corrected chi connectivity index (χ4v) is 2.96. The Kier molecular flexibility index (Phi) is 6.05. The standard InChI is InChI=1S/C17H27N3O/c1-2-20(13-15-9-7-6-8-14(15)12-18)17(21)19-16-10-4-3-5-11-16/h6-9,16H,2-5,10-13,18H2,1H3,(H,19,21). The minimum atomic E-state index is 0.0521. The summed E-state index contributed by atoms with van der Waals surface area (Å²) < 4.78 is 0. The number of nitrogens with zero attached hydrogens (tertiary/aromatic N) is 1. The smallest absolute Gasteiger partial charge is 0.317 e. The number of benzene rings is 1. The number of nitrogens with one attached hydrogen (secondary N) is 1. The van der Waals surface area contributed by atoms with Crippen molar-refractivity contribution in [2.24, 2.45) is 5.73 Å². The third-order valence-electron chi connectivity index (χ3n) is 4.30. The van der Waals surface area contributed by atoms with Crippen molar-refractivity contribution in [1.82, 2.24) is 10.2 Å². The molecule has 116 valence electrons. The number of amides is 2. The van der Waals surface area contributed by atoms with E-state index in [2.05, 4.69) is 11.4 Å². The van der Waals surface area contributed by atoms with Crippen LogP contribution in [-0.2, 0) is 13.1 Å². The molecule has 0 aliphatic heterocycles. The second-order valence-corrected chi connectivity index (χ2v) is 5.77. The van der Waals surface area contributed by atoms with Gasteiger partial charge >= 0.3 is 6.03 Å². The van der Waals surface area contributed by atoms with Gasteiger partial charge < -0.3 is 16.0 Å². The van der Waals surface area contributed by atoms with Gasteiger partial charge in [-0.25, -0.2) is 4.79 Å². The molecule has 0 aromatic heterocycles. The van der Waals surface area contributed by atoms with E-state index in [9.17, 15) is 4.79 Å². The van der Waals surface area contributed by atoms with E-state index < -0.39 is 0 Å². The number of hydrogen-bond acceptors (Lipinski definition) is 2. The fraction of sp³-hybridized carbons (Fsp3) is 0.588. The van der Waals surface area contributed by atoms with Crippen molar-refractivity contribution in [3.05, 3.63) is 35.4 Å². The number of urea groups is 1. The molecule has 2 rings (SSSR count). The van der Waals surface area contributed by atoms with Gasteiger partial charge in [0.2, 0.25) is 0 Å². The first-order chi connectivity index (χ1) is 10.2. The molecular weight excluding hydrogens is 262 g/mol. The summed E-state index contributed by atoms with van der Waals surface area (Å²) in [5.74, 6) is 0. The normalized spacial score (nSPS) is 15.7. The Balaban J connectivity index is 1.96. The molecule has 21 heavy (non-hydrogen) atoms. The summed E-state index contributed by atoms with van der Waals surface area (Å²) in [7, 11) is 0. The Hall–Kier alpha value is -1.55. The van der Waals surface area contributed by atoms with Gasteiger partial charge in [0.05, 0.1) is 0 Å². The molecule has 1 fully saturated rings. The predicted octanol–water partition coefficient (Wildman–Crippen LogP) is 3.01. The van der Waals surface area contributed by atoms with Crippen molar-refractivity contribution in [2.75, 3.05) is 6.54 Å². The summed E-state index contributed by atoms with van der Waals surface area (Å²) in [5, 5.41) is 3.18. The molecule has 0 bridgehead atoms. The van der Waals surface area contributed by atoms with Crippen molar-refractivity contribution < 1.29 is 4.79 Å². The van der Waals surface area contributed by atoms with E-state index in [1.807, 2.05) is 30.0 Å². The molecule has 2 amide bonds. The number of rotatable bonds is 5. The Morgan fingerprint density at radius 2 is 1.90 bits per heavy atom. The van der Waals surface area contributed by atoms with Crippen LogP contribution < -0.4 is 11.1 Å². The second-order valence-electron chi connectivity index (χ2n) is 5.77. The van der Waals surface area contributed by atoms with Crippen LogP contribution in [0.1, 0.15) is 50.2 Å². The van der Waals surface area contributed by atoms with Gasteiger partial charge in [0, 0.05) is 25.7 Å². The summed E-state index contributed by atoms with van der Waals surface area (Å²) in [6.07, 6.45) is 5.99. The highest BCUT2D eigenvalue weighted by Crippen LogP contribution is 2.18. The van der Waals surface area contributed by atoms with Crippen LogP contribution in [0.2, 0.25) is 0 Å². The van der Waals surface area contributed by atoms with Crippen LogP contribution in [0.25, 0.3) is 0 Å². The Bertz CT molecular complexity index is 455. The van der Waals surface area contributed by atoms with E-state index in [-0.39, 0.29) is 6.03 Å². The molecule has 0 spiro atoms. The largest absolute Gasteiger partial charge is 0.335 e. The second kappa shape index (κ2) is 8.03. The van der Waals surface area contributed by atoms with Gasteiger partial charge in [-0.05, 0) is 30.9 Å². The summed E-state index contributed by atoms with van der Waals surface area (Å²) in [5.41, 5.74) is 8.03. The van der Waals surface area contributed by atoms with E-state index in [1.165, 1.54) is 19.3 Å². The highest BCUT2D eigenvalue weighted by Gasteiger charge is 2.19. The van der Waals surface area contributed by atoms with Gasteiger partial charge in [-0.1, -0.05) is 43.5 Å².